The predicted octanol–water partition coefficient (Wildman–Crippen LogP) is 6.76. The van der Waals surface area contributed by atoms with Crippen molar-refractivity contribution in [2.24, 2.45) is 56.2 Å². The molecule has 5 aliphatic carbocycles. The van der Waals surface area contributed by atoms with Gasteiger partial charge in [0.15, 0.2) is 0 Å². The molecular weight excluding hydrogens is 408 g/mol. The van der Waals surface area contributed by atoms with Crippen molar-refractivity contribution in [3.05, 3.63) is 0 Å². The standard InChI is InChI=1S/C30H48O3/c1-25(2)14-16-30-17-15-28(6)18(22(30)23(25)33-24(30)32)8-9-20-27(5)12-11-21(31)26(3,4)19(27)10-13-29(20,28)7/h18-23,31H,8-17H2,1-7H3/t18?,19?,20?,21-,22?,23?,27-,28+,29+,30?/m0/s1. The van der Waals surface area contributed by atoms with Gasteiger partial charge in [0, 0.05) is 11.3 Å². The minimum atomic E-state index is -0.189. The molecule has 6 fully saturated rings. The first kappa shape index (κ1) is 22.9. The fraction of sp³-hybridized carbons (Fsp3) is 0.967. The highest BCUT2D eigenvalue weighted by Crippen LogP contribution is 2.78. The van der Waals surface area contributed by atoms with Gasteiger partial charge in [-0.3, -0.25) is 4.79 Å². The second-order valence-corrected chi connectivity index (χ2v) is 15.5. The molecule has 0 aromatic heterocycles. The number of aliphatic hydroxyl groups is 1. The Kier molecular flexibility index (Phi) is 4.44. The van der Waals surface area contributed by atoms with Crippen molar-refractivity contribution in [2.45, 2.75) is 125 Å². The molecule has 1 saturated heterocycles. The molecule has 1 N–H and O–H groups in total. The topological polar surface area (TPSA) is 46.5 Å². The first-order chi connectivity index (χ1) is 15.2. The maximum atomic E-state index is 13.3. The maximum Gasteiger partial charge on any atom is 0.312 e. The molecule has 0 amide bonds. The summed E-state index contributed by atoms with van der Waals surface area (Å²) in [5.41, 5.74) is 0.823. The van der Waals surface area contributed by atoms with Crippen LogP contribution in [-0.4, -0.2) is 23.3 Å². The second-order valence-electron chi connectivity index (χ2n) is 15.5. The van der Waals surface area contributed by atoms with Gasteiger partial charge in [-0.1, -0.05) is 48.5 Å². The summed E-state index contributed by atoms with van der Waals surface area (Å²) in [4.78, 5) is 13.3. The summed E-state index contributed by atoms with van der Waals surface area (Å²) in [6.45, 7) is 17.3. The Balaban J connectivity index is 1.41. The third-order valence-electron chi connectivity index (χ3n) is 14.0. The van der Waals surface area contributed by atoms with Crippen LogP contribution < -0.4 is 0 Å². The molecule has 3 heteroatoms. The van der Waals surface area contributed by atoms with Gasteiger partial charge in [-0.25, -0.2) is 0 Å². The average Bonchev–Trinajstić information content (AvgIpc) is 2.99. The first-order valence-electron chi connectivity index (χ1n) is 14.1. The van der Waals surface area contributed by atoms with Crippen molar-refractivity contribution in [3.8, 4) is 0 Å². The highest BCUT2D eigenvalue weighted by atomic mass is 16.6. The van der Waals surface area contributed by atoms with Crippen molar-refractivity contribution in [3.63, 3.8) is 0 Å². The molecule has 1 heterocycles. The minimum Gasteiger partial charge on any atom is -0.461 e. The molecule has 6 unspecified atom stereocenters. The lowest BCUT2D eigenvalue weighted by molar-refractivity contribution is -0.252. The van der Waals surface area contributed by atoms with Gasteiger partial charge < -0.3 is 9.84 Å². The Labute approximate surface area is 201 Å². The normalized spacial score (nSPS) is 58.4. The molecule has 5 saturated carbocycles. The van der Waals surface area contributed by atoms with Crippen LogP contribution >= 0.6 is 0 Å². The Morgan fingerprint density at radius 2 is 1.45 bits per heavy atom. The van der Waals surface area contributed by atoms with E-state index >= 15 is 0 Å². The van der Waals surface area contributed by atoms with Crippen LogP contribution in [0.15, 0.2) is 0 Å². The lowest BCUT2D eigenvalue weighted by Gasteiger charge is -2.73. The number of esters is 1. The van der Waals surface area contributed by atoms with Gasteiger partial charge >= 0.3 is 5.97 Å². The van der Waals surface area contributed by atoms with E-state index in [2.05, 4.69) is 48.5 Å². The van der Waals surface area contributed by atoms with E-state index in [1.54, 1.807) is 0 Å². The number of carbonyl (C=O) groups is 1. The molecule has 33 heavy (non-hydrogen) atoms. The van der Waals surface area contributed by atoms with Gasteiger partial charge in [0.05, 0.1) is 11.5 Å². The fourth-order valence-electron chi connectivity index (χ4n) is 11.8. The predicted molar refractivity (Wildman–Crippen MR) is 130 cm³/mol. The molecule has 3 nitrogen and oxygen atoms in total. The zero-order valence-corrected chi connectivity index (χ0v) is 22.3. The highest BCUT2D eigenvalue weighted by Gasteiger charge is 2.75. The molecule has 0 radical (unpaired) electrons. The molecule has 186 valence electrons. The van der Waals surface area contributed by atoms with E-state index < -0.39 is 0 Å². The van der Waals surface area contributed by atoms with Crippen LogP contribution in [0.4, 0.5) is 0 Å². The Morgan fingerprint density at radius 3 is 2.18 bits per heavy atom. The van der Waals surface area contributed by atoms with Crippen LogP contribution in [0.1, 0.15) is 113 Å². The summed E-state index contributed by atoms with van der Waals surface area (Å²) in [5, 5.41) is 10.9. The number of carbonyl (C=O) groups excluding carboxylic acids is 1. The van der Waals surface area contributed by atoms with Crippen molar-refractivity contribution in [2.75, 3.05) is 0 Å². The van der Waals surface area contributed by atoms with Crippen LogP contribution in [0.3, 0.4) is 0 Å². The van der Waals surface area contributed by atoms with Crippen molar-refractivity contribution < 1.29 is 14.6 Å². The van der Waals surface area contributed by atoms with Crippen molar-refractivity contribution in [1.82, 2.24) is 0 Å². The molecule has 10 atom stereocenters. The highest BCUT2D eigenvalue weighted by molar-refractivity contribution is 5.81. The van der Waals surface area contributed by atoms with E-state index in [1.165, 1.54) is 38.5 Å². The van der Waals surface area contributed by atoms with E-state index in [9.17, 15) is 9.90 Å². The molecule has 6 rings (SSSR count). The summed E-state index contributed by atoms with van der Waals surface area (Å²) in [5.74, 6) is 2.50. The molecule has 0 aromatic carbocycles. The summed E-state index contributed by atoms with van der Waals surface area (Å²) in [6.07, 6.45) is 11.6. The summed E-state index contributed by atoms with van der Waals surface area (Å²) in [7, 11) is 0. The second kappa shape index (κ2) is 6.40. The minimum absolute atomic E-state index is 0.00939. The number of hydrogen-bond acceptors (Lipinski definition) is 3. The smallest absolute Gasteiger partial charge is 0.312 e. The van der Waals surface area contributed by atoms with E-state index in [4.69, 9.17) is 4.74 Å². The van der Waals surface area contributed by atoms with E-state index in [0.717, 1.165) is 31.6 Å². The first-order valence-corrected chi connectivity index (χ1v) is 14.1. The molecule has 0 spiro atoms. The average molecular weight is 457 g/mol. The summed E-state index contributed by atoms with van der Waals surface area (Å²) >= 11 is 0. The summed E-state index contributed by atoms with van der Waals surface area (Å²) in [6, 6.07) is 0. The Bertz CT molecular complexity index is 876. The number of rotatable bonds is 0. The number of hydrogen-bond donors (Lipinski definition) is 1. The SMILES string of the molecule is CC1(C)CCC23CC[C@]4(C)C(CCC5[C@@]6(C)CC[C@H](O)C(C)(C)C6CC[C@]54C)C2C1OC3=O. The van der Waals surface area contributed by atoms with Crippen LogP contribution in [0.5, 0.6) is 0 Å². The van der Waals surface area contributed by atoms with Crippen LogP contribution in [0.2, 0.25) is 0 Å². The van der Waals surface area contributed by atoms with Gasteiger partial charge in [0.25, 0.3) is 0 Å². The van der Waals surface area contributed by atoms with Gasteiger partial charge in [0.1, 0.15) is 6.10 Å². The lowest BCUT2D eigenvalue weighted by atomic mass is 9.31. The van der Waals surface area contributed by atoms with E-state index in [1.807, 2.05) is 0 Å². The summed E-state index contributed by atoms with van der Waals surface area (Å²) < 4.78 is 6.28. The van der Waals surface area contributed by atoms with Crippen LogP contribution in [0, 0.1) is 56.2 Å². The monoisotopic (exact) mass is 456 g/mol. The Hall–Kier alpha value is -0.570. The number of ether oxygens (including phenoxy) is 1. The number of aliphatic hydroxyl groups excluding tert-OH is 1. The molecule has 0 aromatic rings. The molecular formula is C30H48O3. The zero-order chi connectivity index (χ0) is 23.8. The van der Waals surface area contributed by atoms with Gasteiger partial charge in [-0.15, -0.1) is 0 Å². The quantitative estimate of drug-likeness (QED) is 0.409. The van der Waals surface area contributed by atoms with Crippen LogP contribution in [-0.2, 0) is 9.53 Å². The largest absolute Gasteiger partial charge is 0.461 e. The number of fused-ring (bicyclic) bond motifs is 5. The third kappa shape index (κ3) is 2.45. The molecule has 6 aliphatic rings. The third-order valence-corrected chi connectivity index (χ3v) is 14.0. The zero-order valence-electron chi connectivity index (χ0n) is 22.3. The van der Waals surface area contributed by atoms with Gasteiger partial charge in [-0.2, -0.15) is 0 Å². The van der Waals surface area contributed by atoms with Crippen LogP contribution in [0.25, 0.3) is 0 Å². The maximum absolute atomic E-state index is 13.3. The van der Waals surface area contributed by atoms with E-state index in [0.29, 0.717) is 28.6 Å². The van der Waals surface area contributed by atoms with Gasteiger partial charge in [-0.05, 0) is 104 Å². The van der Waals surface area contributed by atoms with Crippen molar-refractivity contribution in [1.29, 1.82) is 0 Å². The lowest BCUT2D eigenvalue weighted by Crippen LogP contribution is -2.67. The van der Waals surface area contributed by atoms with Crippen molar-refractivity contribution >= 4 is 5.97 Å². The molecule has 1 aliphatic heterocycles. The van der Waals surface area contributed by atoms with Gasteiger partial charge in [0.2, 0.25) is 0 Å². The fourth-order valence-corrected chi connectivity index (χ4v) is 11.8. The molecule has 2 bridgehead atoms. The van der Waals surface area contributed by atoms with E-state index in [-0.39, 0.29) is 39.8 Å². The Morgan fingerprint density at radius 1 is 0.758 bits per heavy atom.